The zero-order valence-corrected chi connectivity index (χ0v) is 10.5. The molecule has 0 spiro atoms. The number of rotatable bonds is 1. The number of hydrogen-bond donors (Lipinski definition) is 1. The van der Waals surface area contributed by atoms with E-state index >= 15 is 0 Å². The number of nitrogens with one attached hydrogen (secondary N) is 1. The summed E-state index contributed by atoms with van der Waals surface area (Å²) in [4.78, 5) is 0. The first kappa shape index (κ1) is 11.0. The summed E-state index contributed by atoms with van der Waals surface area (Å²) < 4.78 is 0.658. The predicted octanol–water partition coefficient (Wildman–Crippen LogP) is 3.73. The molecule has 16 heavy (non-hydrogen) atoms. The van der Waals surface area contributed by atoms with Crippen molar-refractivity contribution in [2.75, 3.05) is 0 Å². The molecule has 0 aliphatic heterocycles. The molecule has 1 aromatic carbocycles. The smallest absolute Gasteiger partial charge is 0.119 e. The fourth-order valence-corrected chi connectivity index (χ4v) is 2.18. The fourth-order valence-electron chi connectivity index (χ4n) is 2.07. The van der Waals surface area contributed by atoms with Gasteiger partial charge in [0.05, 0.1) is 5.69 Å². The van der Waals surface area contributed by atoms with Gasteiger partial charge in [-0.3, -0.25) is 5.10 Å². The predicted molar refractivity (Wildman–Crippen MR) is 69.1 cm³/mol. The van der Waals surface area contributed by atoms with E-state index in [9.17, 15) is 0 Å². The number of H-pyrrole nitrogens is 1. The molecule has 1 aromatic heterocycles. The first-order valence-corrected chi connectivity index (χ1v) is 5.62. The van der Waals surface area contributed by atoms with Crippen molar-refractivity contribution in [2.24, 2.45) is 0 Å². The number of benzene rings is 1. The third-order valence-electron chi connectivity index (χ3n) is 2.61. The normalized spacial score (nSPS) is 10.4. The van der Waals surface area contributed by atoms with Gasteiger partial charge in [0.15, 0.2) is 0 Å². The SMILES string of the molecule is Cc1cc(C)c(-c2ccc(=S)[nH]n2)c(C)c1. The summed E-state index contributed by atoms with van der Waals surface area (Å²) in [5.41, 5.74) is 5.91. The molecule has 0 unspecified atom stereocenters. The Morgan fingerprint density at radius 3 is 2.19 bits per heavy atom. The lowest BCUT2D eigenvalue weighted by atomic mass is 9.97. The Labute approximate surface area is 100 Å². The zero-order chi connectivity index (χ0) is 11.7. The van der Waals surface area contributed by atoms with Crippen LogP contribution in [-0.4, -0.2) is 10.2 Å². The van der Waals surface area contributed by atoms with Gasteiger partial charge in [-0.2, -0.15) is 5.10 Å². The van der Waals surface area contributed by atoms with E-state index in [2.05, 4.69) is 43.1 Å². The van der Waals surface area contributed by atoms with E-state index in [1.807, 2.05) is 12.1 Å². The summed E-state index contributed by atoms with van der Waals surface area (Å²) in [5.74, 6) is 0. The van der Waals surface area contributed by atoms with Crippen LogP contribution in [-0.2, 0) is 0 Å². The molecule has 0 aliphatic rings. The fraction of sp³-hybridized carbons (Fsp3) is 0.231. The van der Waals surface area contributed by atoms with E-state index in [-0.39, 0.29) is 0 Å². The lowest BCUT2D eigenvalue weighted by molar-refractivity contribution is 1.02. The Morgan fingerprint density at radius 2 is 1.69 bits per heavy atom. The van der Waals surface area contributed by atoms with E-state index in [0.29, 0.717) is 4.64 Å². The highest BCUT2D eigenvalue weighted by molar-refractivity contribution is 7.71. The molecule has 0 bridgehead atoms. The Hall–Kier alpha value is -1.48. The second-order valence-electron chi connectivity index (χ2n) is 4.08. The maximum atomic E-state index is 4.99. The maximum absolute atomic E-state index is 4.99. The van der Waals surface area contributed by atoms with Crippen molar-refractivity contribution < 1.29 is 0 Å². The highest BCUT2D eigenvalue weighted by Gasteiger charge is 2.07. The monoisotopic (exact) mass is 230 g/mol. The average Bonchev–Trinajstić information content (AvgIpc) is 2.19. The second-order valence-corrected chi connectivity index (χ2v) is 4.52. The van der Waals surface area contributed by atoms with Crippen LogP contribution in [0.2, 0.25) is 0 Å². The molecule has 0 amide bonds. The Morgan fingerprint density at radius 1 is 1.06 bits per heavy atom. The van der Waals surface area contributed by atoms with Crippen LogP contribution >= 0.6 is 12.2 Å². The van der Waals surface area contributed by atoms with Gasteiger partial charge in [-0.15, -0.1) is 0 Å². The number of aromatic amines is 1. The van der Waals surface area contributed by atoms with Gasteiger partial charge in [-0.05, 0) is 44.0 Å². The maximum Gasteiger partial charge on any atom is 0.119 e. The minimum Gasteiger partial charge on any atom is -0.267 e. The van der Waals surface area contributed by atoms with Crippen molar-refractivity contribution in [1.29, 1.82) is 0 Å². The van der Waals surface area contributed by atoms with Crippen LogP contribution in [0.4, 0.5) is 0 Å². The lowest BCUT2D eigenvalue weighted by Gasteiger charge is -2.10. The molecule has 0 aliphatic carbocycles. The molecule has 0 saturated heterocycles. The van der Waals surface area contributed by atoms with Gasteiger partial charge in [-0.1, -0.05) is 29.9 Å². The first-order chi connectivity index (χ1) is 7.58. The van der Waals surface area contributed by atoms with Crippen LogP contribution in [0, 0.1) is 25.4 Å². The van der Waals surface area contributed by atoms with Gasteiger partial charge < -0.3 is 0 Å². The summed E-state index contributed by atoms with van der Waals surface area (Å²) >= 11 is 4.99. The van der Waals surface area contributed by atoms with Crippen molar-refractivity contribution in [1.82, 2.24) is 10.2 Å². The molecular weight excluding hydrogens is 216 g/mol. The number of aromatic nitrogens is 2. The summed E-state index contributed by atoms with van der Waals surface area (Å²) in [6.07, 6.45) is 0. The van der Waals surface area contributed by atoms with E-state index in [1.165, 1.54) is 22.3 Å². The molecule has 3 heteroatoms. The van der Waals surface area contributed by atoms with Crippen LogP contribution in [0.25, 0.3) is 11.3 Å². The van der Waals surface area contributed by atoms with E-state index in [0.717, 1.165) is 5.69 Å². The van der Waals surface area contributed by atoms with Crippen LogP contribution in [0.1, 0.15) is 16.7 Å². The molecule has 0 fully saturated rings. The van der Waals surface area contributed by atoms with Crippen LogP contribution in [0.15, 0.2) is 24.3 Å². The third-order valence-corrected chi connectivity index (χ3v) is 2.84. The van der Waals surface area contributed by atoms with Gasteiger partial charge in [0.2, 0.25) is 0 Å². The van der Waals surface area contributed by atoms with Crippen molar-refractivity contribution in [3.63, 3.8) is 0 Å². The number of nitrogens with zero attached hydrogens (tertiary/aromatic N) is 1. The van der Waals surface area contributed by atoms with Gasteiger partial charge in [0, 0.05) is 5.56 Å². The van der Waals surface area contributed by atoms with E-state index in [4.69, 9.17) is 12.2 Å². The average molecular weight is 230 g/mol. The quantitative estimate of drug-likeness (QED) is 0.756. The molecule has 2 rings (SSSR count). The molecule has 0 radical (unpaired) electrons. The minimum absolute atomic E-state index is 0.658. The summed E-state index contributed by atoms with van der Waals surface area (Å²) in [6.45, 7) is 6.33. The summed E-state index contributed by atoms with van der Waals surface area (Å²) in [7, 11) is 0. The molecule has 2 aromatic rings. The summed E-state index contributed by atoms with van der Waals surface area (Å²) in [6, 6.07) is 8.18. The Balaban J connectivity index is 2.64. The standard InChI is InChI=1S/C13H14N2S/c1-8-6-9(2)13(10(3)7-8)11-4-5-12(16)15-14-11/h4-7H,1-3H3,(H,15,16). The van der Waals surface area contributed by atoms with Gasteiger partial charge in [0.1, 0.15) is 4.64 Å². The molecule has 1 heterocycles. The van der Waals surface area contributed by atoms with E-state index in [1.54, 1.807) is 0 Å². The zero-order valence-electron chi connectivity index (χ0n) is 9.66. The molecule has 0 atom stereocenters. The lowest BCUT2D eigenvalue weighted by Crippen LogP contribution is -1.94. The minimum atomic E-state index is 0.658. The van der Waals surface area contributed by atoms with Gasteiger partial charge >= 0.3 is 0 Å². The topological polar surface area (TPSA) is 28.7 Å². The first-order valence-electron chi connectivity index (χ1n) is 5.22. The number of aryl methyl sites for hydroxylation is 3. The van der Waals surface area contributed by atoms with Crippen LogP contribution in [0.5, 0.6) is 0 Å². The van der Waals surface area contributed by atoms with Gasteiger partial charge in [0.25, 0.3) is 0 Å². The highest BCUT2D eigenvalue weighted by atomic mass is 32.1. The Kier molecular flexibility index (Phi) is 2.88. The number of hydrogen-bond acceptors (Lipinski definition) is 2. The van der Waals surface area contributed by atoms with Gasteiger partial charge in [-0.25, -0.2) is 0 Å². The third kappa shape index (κ3) is 2.04. The summed E-state index contributed by atoms with van der Waals surface area (Å²) in [5, 5.41) is 7.10. The molecular formula is C13H14N2S. The molecule has 82 valence electrons. The Bertz CT molecular complexity index is 541. The van der Waals surface area contributed by atoms with Crippen molar-refractivity contribution >= 4 is 12.2 Å². The highest BCUT2D eigenvalue weighted by Crippen LogP contribution is 2.26. The van der Waals surface area contributed by atoms with Crippen molar-refractivity contribution in [3.8, 4) is 11.3 Å². The van der Waals surface area contributed by atoms with Crippen LogP contribution in [0.3, 0.4) is 0 Å². The van der Waals surface area contributed by atoms with Crippen molar-refractivity contribution in [2.45, 2.75) is 20.8 Å². The molecule has 2 nitrogen and oxygen atoms in total. The van der Waals surface area contributed by atoms with Crippen LogP contribution < -0.4 is 0 Å². The van der Waals surface area contributed by atoms with E-state index < -0.39 is 0 Å². The molecule has 0 saturated carbocycles. The second kappa shape index (κ2) is 4.18. The largest absolute Gasteiger partial charge is 0.267 e. The molecule has 1 N–H and O–H groups in total. The van der Waals surface area contributed by atoms with Crippen molar-refractivity contribution in [3.05, 3.63) is 45.6 Å².